The van der Waals surface area contributed by atoms with Crippen LogP contribution >= 0.6 is 0 Å². The highest BCUT2D eigenvalue weighted by molar-refractivity contribution is 5.98. The average Bonchev–Trinajstić information content (AvgIpc) is 3.34. The van der Waals surface area contributed by atoms with Crippen LogP contribution in [-0.2, 0) is 24.2 Å². The molecule has 31 heavy (non-hydrogen) atoms. The summed E-state index contributed by atoms with van der Waals surface area (Å²) >= 11 is 0. The first-order chi connectivity index (χ1) is 15.2. The van der Waals surface area contributed by atoms with Gasteiger partial charge in [0.25, 0.3) is 5.91 Å². The smallest absolute Gasteiger partial charge is 0.253 e. The predicted octanol–water partition coefficient (Wildman–Crippen LogP) is 3.32. The van der Waals surface area contributed by atoms with Crippen LogP contribution in [-0.4, -0.2) is 51.1 Å². The lowest BCUT2D eigenvalue weighted by Gasteiger charge is -2.32. The molecule has 1 unspecified atom stereocenters. The van der Waals surface area contributed by atoms with Crippen LogP contribution in [0, 0.1) is 0 Å². The van der Waals surface area contributed by atoms with Gasteiger partial charge in [-0.2, -0.15) is 0 Å². The molecule has 1 atom stereocenters. The first-order valence-corrected chi connectivity index (χ1v) is 11.8. The lowest BCUT2D eigenvalue weighted by molar-refractivity contribution is -0.118. The third kappa shape index (κ3) is 3.75. The molecule has 2 amide bonds. The maximum Gasteiger partial charge on any atom is 0.253 e. The Kier molecular flexibility index (Phi) is 5.50. The van der Waals surface area contributed by atoms with Crippen LogP contribution < -0.4 is 4.90 Å². The van der Waals surface area contributed by atoms with E-state index >= 15 is 0 Å². The number of piperidine rings is 1. The number of hydrogen-bond acceptors (Lipinski definition) is 4. The van der Waals surface area contributed by atoms with Crippen molar-refractivity contribution >= 4 is 17.5 Å². The van der Waals surface area contributed by atoms with Crippen molar-refractivity contribution in [1.29, 1.82) is 0 Å². The molecule has 1 saturated heterocycles. The van der Waals surface area contributed by atoms with Crippen molar-refractivity contribution in [2.45, 2.75) is 70.8 Å². The molecule has 3 aliphatic heterocycles. The molecule has 164 valence electrons. The van der Waals surface area contributed by atoms with Gasteiger partial charge in [0.2, 0.25) is 5.91 Å². The van der Waals surface area contributed by atoms with Crippen molar-refractivity contribution in [2.75, 3.05) is 24.5 Å². The van der Waals surface area contributed by atoms with E-state index < -0.39 is 0 Å². The number of nitrogens with zero attached hydrogens (tertiary/aromatic N) is 5. The predicted molar refractivity (Wildman–Crippen MR) is 118 cm³/mol. The average molecular weight is 422 g/mol. The van der Waals surface area contributed by atoms with Crippen LogP contribution in [0.5, 0.6) is 0 Å². The van der Waals surface area contributed by atoms with Gasteiger partial charge >= 0.3 is 0 Å². The molecule has 0 radical (unpaired) electrons. The Morgan fingerprint density at radius 1 is 1.03 bits per heavy atom. The second kappa shape index (κ2) is 8.44. The molecule has 5 rings (SSSR count). The number of hydrogen-bond donors (Lipinski definition) is 0. The standard InChI is InChI=1S/C24H31N5O2/c1-2-22(30)28-14-11-17-15-18(9-10-20(17)28)24(31)27-12-6-7-19(16-27)23-26-25-21-8-4-3-5-13-29(21)23/h9-10,15,19H,2-8,11-14,16H2,1H3. The van der Waals surface area contributed by atoms with E-state index in [-0.39, 0.29) is 17.7 Å². The normalized spacial score (nSPS) is 20.9. The maximum atomic E-state index is 13.3. The third-order valence-electron chi connectivity index (χ3n) is 7.04. The fraction of sp³-hybridized carbons (Fsp3) is 0.583. The summed E-state index contributed by atoms with van der Waals surface area (Å²) in [5.74, 6) is 2.66. The fourth-order valence-corrected chi connectivity index (χ4v) is 5.35. The zero-order valence-electron chi connectivity index (χ0n) is 18.3. The number of carbonyl (C=O) groups excluding carboxylic acids is 2. The van der Waals surface area contributed by atoms with Gasteiger partial charge in [-0.25, -0.2) is 0 Å². The zero-order chi connectivity index (χ0) is 21.4. The molecule has 0 saturated carbocycles. The second-order valence-corrected chi connectivity index (χ2v) is 9.02. The van der Waals surface area contributed by atoms with Gasteiger partial charge in [0.15, 0.2) is 0 Å². The Labute approximate surface area is 183 Å². The summed E-state index contributed by atoms with van der Waals surface area (Å²) in [7, 11) is 0. The number of carbonyl (C=O) groups is 2. The van der Waals surface area contributed by atoms with Crippen LogP contribution in [0.4, 0.5) is 5.69 Å². The minimum Gasteiger partial charge on any atom is -0.338 e. The van der Waals surface area contributed by atoms with E-state index in [0.29, 0.717) is 19.5 Å². The summed E-state index contributed by atoms with van der Waals surface area (Å²) in [6, 6.07) is 5.82. The second-order valence-electron chi connectivity index (χ2n) is 9.02. The van der Waals surface area contributed by atoms with Gasteiger partial charge in [0.1, 0.15) is 11.6 Å². The van der Waals surface area contributed by atoms with E-state index in [4.69, 9.17) is 0 Å². The molecule has 0 N–H and O–H groups in total. The van der Waals surface area contributed by atoms with E-state index in [0.717, 1.165) is 67.2 Å². The highest BCUT2D eigenvalue weighted by atomic mass is 16.2. The number of amides is 2. The Balaban J connectivity index is 1.33. The Bertz CT molecular complexity index is 998. The molecule has 1 fully saturated rings. The summed E-state index contributed by atoms with van der Waals surface area (Å²) in [5, 5.41) is 9.01. The molecule has 7 heteroatoms. The minimum atomic E-state index is 0.0865. The van der Waals surface area contributed by atoms with Gasteiger partial charge in [-0.1, -0.05) is 13.3 Å². The molecular weight excluding hydrogens is 390 g/mol. The summed E-state index contributed by atoms with van der Waals surface area (Å²) in [4.78, 5) is 29.3. The monoisotopic (exact) mass is 421 g/mol. The van der Waals surface area contributed by atoms with Crippen LogP contribution in [0.25, 0.3) is 0 Å². The quantitative estimate of drug-likeness (QED) is 0.762. The topological polar surface area (TPSA) is 71.3 Å². The number of benzene rings is 1. The Morgan fingerprint density at radius 3 is 2.81 bits per heavy atom. The van der Waals surface area contributed by atoms with Crippen LogP contribution in [0.1, 0.15) is 78.9 Å². The SMILES string of the molecule is CCC(=O)N1CCc2cc(C(=O)N3CCCC(c4nnc5n4CCCCC5)C3)ccc21. The van der Waals surface area contributed by atoms with Gasteiger partial charge < -0.3 is 14.4 Å². The van der Waals surface area contributed by atoms with E-state index in [1.807, 2.05) is 34.9 Å². The van der Waals surface area contributed by atoms with Crippen molar-refractivity contribution in [1.82, 2.24) is 19.7 Å². The molecule has 4 heterocycles. The number of rotatable bonds is 3. The van der Waals surface area contributed by atoms with Crippen LogP contribution in [0.2, 0.25) is 0 Å². The van der Waals surface area contributed by atoms with Gasteiger partial charge in [0.05, 0.1) is 0 Å². The molecule has 0 bridgehead atoms. The van der Waals surface area contributed by atoms with E-state index in [1.165, 1.54) is 19.3 Å². The number of fused-ring (bicyclic) bond motifs is 2. The molecule has 3 aliphatic rings. The highest BCUT2D eigenvalue weighted by Gasteiger charge is 2.31. The Morgan fingerprint density at radius 2 is 1.94 bits per heavy atom. The van der Waals surface area contributed by atoms with Crippen molar-refractivity contribution in [3.8, 4) is 0 Å². The largest absolute Gasteiger partial charge is 0.338 e. The summed E-state index contributed by atoms with van der Waals surface area (Å²) in [6.45, 7) is 5.09. The lowest BCUT2D eigenvalue weighted by atomic mass is 9.96. The zero-order valence-corrected chi connectivity index (χ0v) is 18.3. The van der Waals surface area contributed by atoms with Crippen LogP contribution in [0.3, 0.4) is 0 Å². The van der Waals surface area contributed by atoms with E-state index in [9.17, 15) is 9.59 Å². The van der Waals surface area contributed by atoms with Gasteiger partial charge in [-0.05, 0) is 55.9 Å². The van der Waals surface area contributed by atoms with Crippen molar-refractivity contribution in [3.05, 3.63) is 41.0 Å². The summed E-state index contributed by atoms with van der Waals surface area (Å²) in [6.07, 6.45) is 7.99. The molecular formula is C24H31N5O2. The molecule has 0 aliphatic carbocycles. The molecule has 2 aromatic rings. The van der Waals surface area contributed by atoms with Gasteiger partial charge in [0, 0.05) is 56.2 Å². The third-order valence-corrected chi connectivity index (χ3v) is 7.04. The number of aromatic nitrogens is 3. The lowest BCUT2D eigenvalue weighted by Crippen LogP contribution is -2.39. The molecule has 1 aromatic heterocycles. The van der Waals surface area contributed by atoms with Crippen molar-refractivity contribution in [2.24, 2.45) is 0 Å². The molecule has 7 nitrogen and oxygen atoms in total. The first-order valence-electron chi connectivity index (χ1n) is 11.8. The number of aryl methyl sites for hydroxylation is 1. The summed E-state index contributed by atoms with van der Waals surface area (Å²) < 4.78 is 2.32. The Hall–Kier alpha value is -2.70. The molecule has 1 aromatic carbocycles. The van der Waals surface area contributed by atoms with Gasteiger partial charge in [-0.15, -0.1) is 10.2 Å². The summed E-state index contributed by atoms with van der Waals surface area (Å²) in [5.41, 5.74) is 2.79. The van der Waals surface area contributed by atoms with Crippen molar-refractivity contribution in [3.63, 3.8) is 0 Å². The van der Waals surface area contributed by atoms with Crippen molar-refractivity contribution < 1.29 is 9.59 Å². The highest BCUT2D eigenvalue weighted by Crippen LogP contribution is 2.32. The van der Waals surface area contributed by atoms with E-state index in [2.05, 4.69) is 14.8 Å². The number of anilines is 1. The van der Waals surface area contributed by atoms with Crippen LogP contribution in [0.15, 0.2) is 18.2 Å². The fourth-order valence-electron chi connectivity index (χ4n) is 5.35. The maximum absolute atomic E-state index is 13.3. The first kappa shape index (κ1) is 20.2. The number of likely N-dealkylation sites (tertiary alicyclic amines) is 1. The molecule has 0 spiro atoms. The minimum absolute atomic E-state index is 0.0865. The van der Waals surface area contributed by atoms with Gasteiger partial charge in [-0.3, -0.25) is 9.59 Å². The van der Waals surface area contributed by atoms with E-state index in [1.54, 1.807) is 0 Å².